The van der Waals surface area contributed by atoms with Crippen LogP contribution in [-0.4, -0.2) is 33.7 Å². The Morgan fingerprint density at radius 1 is 1.39 bits per heavy atom. The van der Waals surface area contributed by atoms with Crippen molar-refractivity contribution in [1.82, 2.24) is 9.97 Å². The number of thiophene rings is 1. The Hall–Kier alpha value is -2.32. The molecule has 1 atom stereocenters. The highest BCUT2D eigenvalue weighted by atomic mass is 32.2. The summed E-state index contributed by atoms with van der Waals surface area (Å²) in [5.41, 5.74) is 4.58. The summed E-state index contributed by atoms with van der Waals surface area (Å²) in [7, 11) is 0. The first-order valence-corrected chi connectivity index (χ1v) is 12.3. The second-order valence-electron chi connectivity index (χ2n) is 8.41. The van der Waals surface area contributed by atoms with Crippen LogP contribution in [-0.2, 0) is 22.4 Å². The molecule has 4 rings (SSSR count). The van der Waals surface area contributed by atoms with Crippen LogP contribution in [0.5, 0.6) is 0 Å². The van der Waals surface area contributed by atoms with Gasteiger partial charge in [0.25, 0.3) is 0 Å². The fraction of sp³-hybridized carbons (Fsp3) is 0.435. The van der Waals surface area contributed by atoms with Gasteiger partial charge in [0, 0.05) is 4.88 Å². The number of carbonyl (C=O) groups excluding carboxylic acids is 2. The van der Waals surface area contributed by atoms with Gasteiger partial charge in [-0.2, -0.15) is 0 Å². The number of amides is 1. The number of aryl methyl sites for hydroxylation is 1. The molecular weight excluding hydrogens is 430 g/mol. The average Bonchev–Trinajstić information content (AvgIpc) is 3.25. The van der Waals surface area contributed by atoms with Crippen LogP contribution in [0, 0.1) is 12.8 Å². The normalized spacial score (nSPS) is 15.8. The molecule has 1 aliphatic carbocycles. The fourth-order valence-corrected chi connectivity index (χ4v) is 5.89. The van der Waals surface area contributed by atoms with Gasteiger partial charge in [0.05, 0.1) is 28.5 Å². The van der Waals surface area contributed by atoms with Crippen LogP contribution in [0.3, 0.4) is 0 Å². The van der Waals surface area contributed by atoms with E-state index in [1.807, 2.05) is 39.0 Å². The molecule has 6 nitrogen and oxygen atoms in total. The Balaban J connectivity index is 1.49. The number of H-pyrrole nitrogens is 1. The maximum absolute atomic E-state index is 12.8. The molecular formula is C23H27N3O3S2. The highest BCUT2D eigenvalue weighted by molar-refractivity contribution is 7.99. The maximum atomic E-state index is 12.8. The summed E-state index contributed by atoms with van der Waals surface area (Å²) in [6, 6.07) is 6.02. The van der Waals surface area contributed by atoms with E-state index in [0.29, 0.717) is 21.6 Å². The van der Waals surface area contributed by atoms with E-state index in [4.69, 9.17) is 4.74 Å². The Morgan fingerprint density at radius 2 is 2.19 bits per heavy atom. The highest BCUT2D eigenvalue weighted by Gasteiger charge is 2.29. The highest BCUT2D eigenvalue weighted by Crippen LogP contribution is 2.40. The average molecular weight is 458 g/mol. The van der Waals surface area contributed by atoms with Crippen molar-refractivity contribution in [2.45, 2.75) is 58.2 Å². The Kier molecular flexibility index (Phi) is 6.39. The number of hydrogen-bond donors (Lipinski definition) is 2. The van der Waals surface area contributed by atoms with Gasteiger partial charge in [0.15, 0.2) is 5.16 Å². The molecule has 2 aromatic heterocycles. The van der Waals surface area contributed by atoms with Crippen molar-refractivity contribution in [3.05, 3.63) is 39.8 Å². The smallest absolute Gasteiger partial charge is 0.341 e. The first-order chi connectivity index (χ1) is 14.8. The summed E-state index contributed by atoms with van der Waals surface area (Å²) in [5.74, 6) is 0.275. The summed E-state index contributed by atoms with van der Waals surface area (Å²) in [4.78, 5) is 34.5. The molecule has 164 valence electrons. The number of hydrogen-bond acceptors (Lipinski definition) is 6. The predicted octanol–water partition coefficient (Wildman–Crippen LogP) is 5.35. The molecule has 0 aliphatic heterocycles. The topological polar surface area (TPSA) is 84.1 Å². The number of thioether (sulfide) groups is 1. The lowest BCUT2D eigenvalue weighted by Gasteiger charge is -2.18. The molecule has 1 aliphatic rings. The Labute approximate surface area is 190 Å². The predicted molar refractivity (Wildman–Crippen MR) is 126 cm³/mol. The molecule has 3 aromatic rings. The quantitative estimate of drug-likeness (QED) is 0.385. The van der Waals surface area contributed by atoms with Crippen molar-refractivity contribution in [1.29, 1.82) is 0 Å². The maximum Gasteiger partial charge on any atom is 0.341 e. The number of rotatable bonds is 6. The SMILES string of the molecule is Cc1ccc2nc(SCC(=O)Nc3sc4c(c3C(=O)OC(C)C)CCC(C)C4)[nH]c2c1. The zero-order valence-corrected chi connectivity index (χ0v) is 19.8. The minimum Gasteiger partial charge on any atom is -0.459 e. The number of aromatic nitrogens is 2. The van der Waals surface area contributed by atoms with E-state index in [1.54, 1.807) is 0 Å². The van der Waals surface area contributed by atoms with Gasteiger partial charge in [0.2, 0.25) is 5.91 Å². The molecule has 0 bridgehead atoms. The van der Waals surface area contributed by atoms with Gasteiger partial charge < -0.3 is 15.0 Å². The minimum atomic E-state index is -0.349. The number of benzene rings is 1. The zero-order chi connectivity index (χ0) is 22.1. The van der Waals surface area contributed by atoms with Gasteiger partial charge in [-0.25, -0.2) is 9.78 Å². The fourth-order valence-electron chi connectivity index (χ4n) is 3.79. The molecule has 31 heavy (non-hydrogen) atoms. The molecule has 0 radical (unpaired) electrons. The van der Waals surface area contributed by atoms with Gasteiger partial charge >= 0.3 is 5.97 Å². The third-order valence-electron chi connectivity index (χ3n) is 5.27. The second kappa shape index (κ2) is 9.04. The van der Waals surface area contributed by atoms with Crippen LogP contribution in [0.1, 0.15) is 53.6 Å². The third kappa shape index (κ3) is 4.96. The lowest BCUT2D eigenvalue weighted by Crippen LogP contribution is -2.19. The van der Waals surface area contributed by atoms with Gasteiger partial charge in [-0.05, 0) is 69.2 Å². The summed E-state index contributed by atoms with van der Waals surface area (Å²) in [6.45, 7) is 7.92. The van der Waals surface area contributed by atoms with Crippen LogP contribution >= 0.6 is 23.1 Å². The van der Waals surface area contributed by atoms with E-state index in [1.165, 1.54) is 28.0 Å². The molecule has 1 unspecified atom stereocenters. The number of carbonyl (C=O) groups is 2. The number of fused-ring (bicyclic) bond motifs is 2. The van der Waals surface area contributed by atoms with Crippen LogP contribution in [0.25, 0.3) is 11.0 Å². The first kappa shape index (κ1) is 21.9. The van der Waals surface area contributed by atoms with Gasteiger partial charge in [0.1, 0.15) is 5.00 Å². The number of nitrogens with one attached hydrogen (secondary N) is 2. The lowest BCUT2D eigenvalue weighted by molar-refractivity contribution is -0.113. The summed E-state index contributed by atoms with van der Waals surface area (Å²) >= 11 is 2.86. The standard InChI is InChI=1S/C23H27N3O3S2/c1-12(2)29-22(28)20-15-7-5-14(4)10-18(15)31-21(20)26-19(27)11-30-23-24-16-8-6-13(3)9-17(16)25-23/h6,8-9,12,14H,5,7,10-11H2,1-4H3,(H,24,25)(H,26,27). The number of esters is 1. The van der Waals surface area contributed by atoms with Gasteiger partial charge in [-0.1, -0.05) is 24.8 Å². The minimum absolute atomic E-state index is 0.160. The van der Waals surface area contributed by atoms with Gasteiger partial charge in [-0.15, -0.1) is 11.3 Å². The number of aromatic amines is 1. The van der Waals surface area contributed by atoms with Crippen LogP contribution in [0.15, 0.2) is 23.4 Å². The van der Waals surface area contributed by atoms with Crippen LogP contribution in [0.2, 0.25) is 0 Å². The Morgan fingerprint density at radius 3 is 2.97 bits per heavy atom. The van der Waals surface area contributed by atoms with E-state index >= 15 is 0 Å². The van der Waals surface area contributed by atoms with Crippen molar-refractivity contribution in [3.8, 4) is 0 Å². The zero-order valence-electron chi connectivity index (χ0n) is 18.2. The first-order valence-electron chi connectivity index (χ1n) is 10.5. The summed E-state index contributed by atoms with van der Waals surface area (Å²) in [5, 5.41) is 4.28. The number of nitrogens with zero attached hydrogens (tertiary/aromatic N) is 1. The van der Waals surface area contributed by atoms with E-state index in [9.17, 15) is 9.59 Å². The number of imidazole rings is 1. The van der Waals surface area contributed by atoms with Crippen LogP contribution in [0.4, 0.5) is 5.00 Å². The van der Waals surface area contributed by atoms with Crippen molar-refractivity contribution < 1.29 is 14.3 Å². The van der Waals surface area contributed by atoms with E-state index in [0.717, 1.165) is 41.4 Å². The summed E-state index contributed by atoms with van der Waals surface area (Å²) < 4.78 is 5.48. The van der Waals surface area contributed by atoms with E-state index in [-0.39, 0.29) is 23.7 Å². The van der Waals surface area contributed by atoms with Gasteiger partial charge in [-0.3, -0.25) is 4.79 Å². The van der Waals surface area contributed by atoms with Crippen molar-refractivity contribution in [2.75, 3.05) is 11.1 Å². The molecule has 2 heterocycles. The molecule has 2 N–H and O–H groups in total. The van der Waals surface area contributed by atoms with E-state index < -0.39 is 0 Å². The Bertz CT molecular complexity index is 1130. The van der Waals surface area contributed by atoms with E-state index in [2.05, 4.69) is 22.2 Å². The lowest BCUT2D eigenvalue weighted by atomic mass is 9.88. The molecule has 0 fully saturated rings. The molecule has 0 saturated carbocycles. The summed E-state index contributed by atoms with van der Waals surface area (Å²) in [6.07, 6.45) is 2.62. The van der Waals surface area contributed by atoms with Crippen molar-refractivity contribution in [3.63, 3.8) is 0 Å². The monoisotopic (exact) mass is 457 g/mol. The molecule has 0 spiro atoms. The molecule has 8 heteroatoms. The number of ether oxygens (including phenoxy) is 1. The molecule has 1 aromatic carbocycles. The second-order valence-corrected chi connectivity index (χ2v) is 10.5. The molecule has 1 amide bonds. The van der Waals surface area contributed by atoms with Crippen molar-refractivity contribution in [2.24, 2.45) is 5.92 Å². The third-order valence-corrected chi connectivity index (χ3v) is 7.31. The molecule has 0 saturated heterocycles. The van der Waals surface area contributed by atoms with Crippen LogP contribution < -0.4 is 5.32 Å². The number of anilines is 1. The largest absolute Gasteiger partial charge is 0.459 e. The van der Waals surface area contributed by atoms with Crippen molar-refractivity contribution >= 4 is 51.0 Å².